The fourth-order valence-electron chi connectivity index (χ4n) is 4.73. The van der Waals surface area contributed by atoms with Gasteiger partial charge in [-0.2, -0.15) is 0 Å². The van der Waals surface area contributed by atoms with E-state index in [2.05, 4.69) is 22.3 Å². The maximum Gasteiger partial charge on any atom is 0.325 e. The molecule has 0 bridgehead atoms. The first-order valence-corrected chi connectivity index (χ1v) is 10.2. The van der Waals surface area contributed by atoms with Gasteiger partial charge in [-0.05, 0) is 30.9 Å². The van der Waals surface area contributed by atoms with Gasteiger partial charge in [-0.3, -0.25) is 14.5 Å². The second-order valence-electron chi connectivity index (χ2n) is 8.14. The zero-order valence-electron chi connectivity index (χ0n) is 16.4. The van der Waals surface area contributed by atoms with Crippen LogP contribution in [0.2, 0.25) is 0 Å². The van der Waals surface area contributed by atoms with E-state index in [-0.39, 0.29) is 24.3 Å². The van der Waals surface area contributed by atoms with Crippen molar-refractivity contribution in [1.82, 2.24) is 15.1 Å². The van der Waals surface area contributed by atoms with Gasteiger partial charge >= 0.3 is 6.03 Å². The van der Waals surface area contributed by atoms with Gasteiger partial charge in [0.25, 0.3) is 5.91 Å². The fourth-order valence-corrected chi connectivity index (χ4v) is 4.73. The van der Waals surface area contributed by atoms with Crippen molar-refractivity contribution in [2.45, 2.75) is 38.1 Å². The highest BCUT2D eigenvalue weighted by Gasteiger charge is 2.55. The first kappa shape index (κ1) is 18.8. The van der Waals surface area contributed by atoms with E-state index in [9.17, 15) is 14.4 Å². The summed E-state index contributed by atoms with van der Waals surface area (Å²) in [6.07, 6.45) is 3.60. The van der Waals surface area contributed by atoms with Gasteiger partial charge in [0.05, 0.1) is 0 Å². The van der Waals surface area contributed by atoms with Crippen LogP contribution in [0.25, 0.3) is 0 Å². The molecule has 0 aromatic heterocycles. The lowest BCUT2D eigenvalue weighted by Gasteiger charge is -2.37. The molecule has 2 atom stereocenters. The first-order valence-electron chi connectivity index (χ1n) is 10.2. The van der Waals surface area contributed by atoms with Crippen molar-refractivity contribution >= 4 is 23.5 Å². The van der Waals surface area contributed by atoms with Crippen molar-refractivity contribution < 1.29 is 14.4 Å². The van der Waals surface area contributed by atoms with Crippen LogP contribution in [0.5, 0.6) is 0 Å². The maximum absolute atomic E-state index is 13.0. The van der Waals surface area contributed by atoms with Gasteiger partial charge in [0.2, 0.25) is 5.91 Å². The molecule has 2 saturated heterocycles. The quantitative estimate of drug-likeness (QED) is 0.807. The summed E-state index contributed by atoms with van der Waals surface area (Å²) in [6.45, 7) is 4.54. The number of nitrogens with zero attached hydrogens (tertiary/aromatic N) is 3. The zero-order valence-corrected chi connectivity index (χ0v) is 16.4. The van der Waals surface area contributed by atoms with Crippen LogP contribution in [0.1, 0.15) is 32.6 Å². The van der Waals surface area contributed by atoms with E-state index in [0.29, 0.717) is 19.5 Å². The van der Waals surface area contributed by atoms with Gasteiger partial charge < -0.3 is 15.1 Å². The van der Waals surface area contributed by atoms with Crippen LogP contribution in [0, 0.1) is 5.92 Å². The Hall–Kier alpha value is -2.57. The minimum Gasteiger partial charge on any atom is -0.368 e. The smallest absolute Gasteiger partial charge is 0.325 e. The normalized spacial score (nSPS) is 28.0. The molecule has 0 radical (unpaired) electrons. The Morgan fingerprint density at radius 3 is 2.50 bits per heavy atom. The Balaban J connectivity index is 1.36. The van der Waals surface area contributed by atoms with Crippen LogP contribution >= 0.6 is 0 Å². The number of rotatable bonds is 3. The van der Waals surface area contributed by atoms with Crippen molar-refractivity contribution in [1.29, 1.82) is 0 Å². The van der Waals surface area contributed by atoms with E-state index in [4.69, 9.17) is 0 Å². The largest absolute Gasteiger partial charge is 0.368 e. The van der Waals surface area contributed by atoms with E-state index in [1.807, 2.05) is 25.1 Å². The SMILES string of the molecule is CC1CCCCC12NC(=O)N(CC(=O)N1CCN(c3ccccc3)CC1)C2=O. The average Bonchev–Trinajstić information content (AvgIpc) is 2.96. The number of hydrogen-bond donors (Lipinski definition) is 1. The Morgan fingerprint density at radius 2 is 1.82 bits per heavy atom. The minimum absolute atomic E-state index is 0.104. The predicted molar refractivity (Wildman–Crippen MR) is 106 cm³/mol. The van der Waals surface area contributed by atoms with Gasteiger partial charge in [-0.1, -0.05) is 38.0 Å². The van der Waals surface area contributed by atoms with Crippen molar-refractivity contribution in [3.8, 4) is 0 Å². The number of piperazine rings is 1. The summed E-state index contributed by atoms with van der Waals surface area (Å²) in [5, 5.41) is 2.91. The second kappa shape index (κ2) is 7.45. The van der Waals surface area contributed by atoms with E-state index in [1.165, 1.54) is 0 Å². The number of carbonyl (C=O) groups excluding carboxylic acids is 3. The number of carbonyl (C=O) groups is 3. The van der Waals surface area contributed by atoms with Crippen molar-refractivity contribution in [3.05, 3.63) is 30.3 Å². The molecule has 1 aromatic carbocycles. The zero-order chi connectivity index (χ0) is 19.7. The van der Waals surface area contributed by atoms with E-state index in [1.54, 1.807) is 4.90 Å². The van der Waals surface area contributed by atoms with Gasteiger partial charge in [-0.25, -0.2) is 4.79 Å². The summed E-state index contributed by atoms with van der Waals surface area (Å²) in [4.78, 5) is 43.4. The molecule has 1 spiro atoms. The topological polar surface area (TPSA) is 73.0 Å². The third-order valence-corrected chi connectivity index (χ3v) is 6.55. The van der Waals surface area contributed by atoms with Crippen LogP contribution in [-0.4, -0.2) is 65.9 Å². The average molecular weight is 384 g/mol. The number of hydrogen-bond acceptors (Lipinski definition) is 4. The third-order valence-electron chi connectivity index (χ3n) is 6.55. The van der Waals surface area contributed by atoms with Crippen LogP contribution < -0.4 is 10.2 Å². The van der Waals surface area contributed by atoms with Crippen molar-refractivity contribution in [3.63, 3.8) is 0 Å². The molecule has 3 fully saturated rings. The van der Waals surface area contributed by atoms with Crippen molar-refractivity contribution in [2.75, 3.05) is 37.6 Å². The number of amides is 4. The van der Waals surface area contributed by atoms with Crippen molar-refractivity contribution in [2.24, 2.45) is 5.92 Å². The number of anilines is 1. The highest BCUT2D eigenvalue weighted by atomic mass is 16.2. The molecule has 2 aliphatic heterocycles. The number of para-hydroxylation sites is 1. The molecule has 3 aliphatic rings. The maximum atomic E-state index is 13.0. The van der Waals surface area contributed by atoms with Gasteiger partial charge in [0.1, 0.15) is 12.1 Å². The summed E-state index contributed by atoms with van der Waals surface area (Å²) in [6, 6.07) is 9.71. The lowest BCUT2D eigenvalue weighted by Crippen LogP contribution is -2.54. The van der Waals surface area contributed by atoms with E-state index < -0.39 is 11.6 Å². The molecule has 1 aromatic rings. The van der Waals surface area contributed by atoms with Gasteiger partial charge in [0.15, 0.2) is 0 Å². The molecule has 4 rings (SSSR count). The highest BCUT2D eigenvalue weighted by molar-refractivity contribution is 6.09. The molecule has 150 valence electrons. The molecule has 2 heterocycles. The standard InChI is InChI=1S/C21H28N4O3/c1-16-7-5-6-10-21(16)19(27)25(20(28)22-21)15-18(26)24-13-11-23(12-14-24)17-8-3-2-4-9-17/h2-4,8-9,16H,5-7,10-15H2,1H3,(H,22,28). The Labute approximate surface area is 165 Å². The summed E-state index contributed by atoms with van der Waals surface area (Å²) in [5.41, 5.74) is 0.346. The Morgan fingerprint density at radius 1 is 1.11 bits per heavy atom. The van der Waals surface area contributed by atoms with E-state index >= 15 is 0 Å². The summed E-state index contributed by atoms with van der Waals surface area (Å²) in [5.74, 6) is -0.273. The first-order chi connectivity index (χ1) is 13.5. The molecule has 4 amide bonds. The monoisotopic (exact) mass is 384 g/mol. The number of urea groups is 1. The summed E-state index contributed by atoms with van der Waals surface area (Å²) < 4.78 is 0. The van der Waals surface area contributed by atoms with Crippen LogP contribution in [0.4, 0.5) is 10.5 Å². The summed E-state index contributed by atoms with van der Waals surface area (Å²) in [7, 11) is 0. The molecule has 2 unspecified atom stereocenters. The molecule has 1 saturated carbocycles. The van der Waals surface area contributed by atoms with Crippen LogP contribution in [0.15, 0.2) is 30.3 Å². The van der Waals surface area contributed by atoms with Crippen LogP contribution in [-0.2, 0) is 9.59 Å². The highest BCUT2D eigenvalue weighted by Crippen LogP contribution is 2.38. The second-order valence-corrected chi connectivity index (χ2v) is 8.14. The summed E-state index contributed by atoms with van der Waals surface area (Å²) >= 11 is 0. The fraction of sp³-hybridized carbons (Fsp3) is 0.571. The molecule has 1 aliphatic carbocycles. The third kappa shape index (κ3) is 3.23. The lowest BCUT2D eigenvalue weighted by atomic mass is 9.73. The van der Waals surface area contributed by atoms with Gasteiger partial charge in [0, 0.05) is 31.9 Å². The molecule has 1 N–H and O–H groups in total. The van der Waals surface area contributed by atoms with Gasteiger partial charge in [-0.15, -0.1) is 0 Å². The Bertz CT molecular complexity index is 760. The lowest BCUT2D eigenvalue weighted by molar-refractivity contribution is -0.140. The minimum atomic E-state index is -0.804. The molecule has 28 heavy (non-hydrogen) atoms. The molecular weight excluding hydrogens is 356 g/mol. The number of nitrogens with one attached hydrogen (secondary N) is 1. The predicted octanol–water partition coefficient (Wildman–Crippen LogP) is 1.84. The Kier molecular flexibility index (Phi) is 5.00. The molecular formula is C21H28N4O3. The van der Waals surface area contributed by atoms with E-state index in [0.717, 1.165) is 42.9 Å². The number of benzene rings is 1. The van der Waals surface area contributed by atoms with Crippen LogP contribution in [0.3, 0.4) is 0 Å². The number of imide groups is 1. The molecule has 7 nitrogen and oxygen atoms in total. The molecule has 7 heteroatoms.